The van der Waals surface area contributed by atoms with E-state index in [1.54, 1.807) is 25.1 Å². The van der Waals surface area contributed by atoms with Gasteiger partial charge in [0.2, 0.25) is 0 Å². The Morgan fingerprint density at radius 2 is 2.33 bits per heavy atom. The fourth-order valence-corrected chi connectivity index (χ4v) is 1.35. The third-order valence-electron chi connectivity index (χ3n) is 2.22. The Hall–Kier alpha value is -2.11. The van der Waals surface area contributed by atoms with Crippen LogP contribution in [0.25, 0.3) is 11.0 Å². The first kappa shape index (κ1) is 9.45. The predicted molar refractivity (Wildman–Crippen MR) is 54.3 cm³/mol. The molecule has 2 rings (SSSR count). The Morgan fingerprint density at radius 1 is 1.60 bits per heavy atom. The van der Waals surface area contributed by atoms with Crippen LogP contribution in [0.2, 0.25) is 0 Å². The Balaban J connectivity index is 2.59. The van der Waals surface area contributed by atoms with Gasteiger partial charge in [-0.2, -0.15) is 0 Å². The van der Waals surface area contributed by atoms with Crippen LogP contribution in [0.3, 0.4) is 0 Å². The van der Waals surface area contributed by atoms with E-state index in [4.69, 9.17) is 10.8 Å². The number of aliphatic carboxylic acids is 1. The highest BCUT2D eigenvalue weighted by atomic mass is 16.4. The number of rotatable bonds is 2. The van der Waals surface area contributed by atoms with Crippen LogP contribution in [-0.2, 0) is 4.79 Å². The van der Waals surface area contributed by atoms with Gasteiger partial charge in [-0.15, -0.1) is 5.10 Å². The minimum Gasteiger partial charge on any atom is -0.480 e. The summed E-state index contributed by atoms with van der Waals surface area (Å²) in [7, 11) is 0. The van der Waals surface area contributed by atoms with Gasteiger partial charge in [-0.1, -0.05) is 5.21 Å². The average molecular weight is 206 g/mol. The highest BCUT2D eigenvalue weighted by Gasteiger charge is 2.17. The molecule has 0 spiro atoms. The Morgan fingerprint density at radius 3 is 3.00 bits per heavy atom. The maximum absolute atomic E-state index is 10.8. The van der Waals surface area contributed by atoms with E-state index in [1.807, 2.05) is 0 Å². The SMILES string of the molecule is CC(C(=O)O)n1nnc2cc(N)ccc21. The fourth-order valence-electron chi connectivity index (χ4n) is 1.35. The summed E-state index contributed by atoms with van der Waals surface area (Å²) in [5.41, 5.74) is 7.42. The molecule has 15 heavy (non-hydrogen) atoms. The van der Waals surface area contributed by atoms with Crippen LogP contribution >= 0.6 is 0 Å². The van der Waals surface area contributed by atoms with Crippen molar-refractivity contribution in [2.24, 2.45) is 0 Å². The minimum atomic E-state index is -0.946. The molecule has 2 aromatic rings. The van der Waals surface area contributed by atoms with Crippen LogP contribution in [0.1, 0.15) is 13.0 Å². The molecule has 6 heteroatoms. The smallest absolute Gasteiger partial charge is 0.328 e. The van der Waals surface area contributed by atoms with Crippen molar-refractivity contribution in [3.05, 3.63) is 18.2 Å². The summed E-state index contributed by atoms with van der Waals surface area (Å²) in [6.07, 6.45) is 0. The molecule has 0 bridgehead atoms. The van der Waals surface area contributed by atoms with Crippen molar-refractivity contribution in [2.45, 2.75) is 13.0 Å². The first-order valence-electron chi connectivity index (χ1n) is 4.43. The number of carboxylic acid groups (broad SMARTS) is 1. The van der Waals surface area contributed by atoms with Crippen LogP contribution < -0.4 is 5.73 Å². The molecule has 1 unspecified atom stereocenters. The van der Waals surface area contributed by atoms with Crippen LogP contribution in [-0.4, -0.2) is 26.1 Å². The van der Waals surface area contributed by atoms with Gasteiger partial charge in [0.25, 0.3) is 0 Å². The van der Waals surface area contributed by atoms with E-state index in [-0.39, 0.29) is 0 Å². The first-order valence-corrected chi connectivity index (χ1v) is 4.43. The number of benzene rings is 1. The summed E-state index contributed by atoms with van der Waals surface area (Å²) in [6, 6.07) is 4.33. The quantitative estimate of drug-likeness (QED) is 0.704. The highest BCUT2D eigenvalue weighted by molar-refractivity contribution is 5.80. The van der Waals surface area contributed by atoms with Crippen LogP contribution in [0.5, 0.6) is 0 Å². The van der Waals surface area contributed by atoms with Crippen LogP contribution in [0, 0.1) is 0 Å². The lowest BCUT2D eigenvalue weighted by atomic mass is 10.2. The summed E-state index contributed by atoms with van der Waals surface area (Å²) >= 11 is 0. The van der Waals surface area contributed by atoms with Crippen molar-refractivity contribution >= 4 is 22.7 Å². The second-order valence-electron chi connectivity index (χ2n) is 3.30. The molecule has 0 aliphatic carbocycles. The van der Waals surface area contributed by atoms with E-state index in [9.17, 15) is 4.79 Å². The number of hydrogen-bond donors (Lipinski definition) is 2. The molecule has 0 aliphatic rings. The van der Waals surface area contributed by atoms with Crippen molar-refractivity contribution in [2.75, 3.05) is 5.73 Å². The van der Waals surface area contributed by atoms with Crippen molar-refractivity contribution in [1.29, 1.82) is 0 Å². The molecule has 0 aliphatic heterocycles. The molecule has 3 N–H and O–H groups in total. The molecule has 0 saturated heterocycles. The zero-order valence-electron chi connectivity index (χ0n) is 8.08. The molecule has 1 heterocycles. The maximum atomic E-state index is 10.8. The first-order chi connectivity index (χ1) is 7.09. The largest absolute Gasteiger partial charge is 0.480 e. The van der Waals surface area contributed by atoms with E-state index in [1.165, 1.54) is 4.68 Å². The van der Waals surface area contributed by atoms with Crippen LogP contribution in [0.15, 0.2) is 18.2 Å². The molecule has 78 valence electrons. The lowest BCUT2D eigenvalue weighted by Gasteiger charge is -2.06. The Bertz CT molecular complexity index is 520. The summed E-state index contributed by atoms with van der Waals surface area (Å²) in [5.74, 6) is -0.946. The van der Waals surface area contributed by atoms with Gasteiger partial charge >= 0.3 is 5.97 Å². The predicted octanol–water partition coefficient (Wildman–Crippen LogP) is 0.659. The molecule has 0 fully saturated rings. The van der Waals surface area contributed by atoms with Crippen molar-refractivity contribution < 1.29 is 9.90 Å². The maximum Gasteiger partial charge on any atom is 0.328 e. The average Bonchev–Trinajstić information content (AvgIpc) is 2.59. The molecular formula is C9H10N4O2. The molecule has 6 nitrogen and oxygen atoms in total. The van der Waals surface area contributed by atoms with E-state index < -0.39 is 12.0 Å². The molecule has 1 atom stereocenters. The molecule has 1 aromatic heterocycles. The van der Waals surface area contributed by atoms with E-state index in [0.717, 1.165) is 0 Å². The number of fused-ring (bicyclic) bond motifs is 1. The van der Waals surface area contributed by atoms with Gasteiger partial charge in [0, 0.05) is 5.69 Å². The van der Waals surface area contributed by atoms with Crippen LogP contribution in [0.4, 0.5) is 5.69 Å². The molecular weight excluding hydrogens is 196 g/mol. The van der Waals surface area contributed by atoms with Gasteiger partial charge in [0.1, 0.15) is 11.6 Å². The zero-order chi connectivity index (χ0) is 11.0. The number of hydrogen-bond acceptors (Lipinski definition) is 4. The van der Waals surface area contributed by atoms with E-state index in [0.29, 0.717) is 16.7 Å². The topological polar surface area (TPSA) is 94.0 Å². The molecule has 0 radical (unpaired) electrons. The second-order valence-corrected chi connectivity index (χ2v) is 3.30. The van der Waals surface area contributed by atoms with E-state index >= 15 is 0 Å². The number of anilines is 1. The lowest BCUT2D eigenvalue weighted by Crippen LogP contribution is -2.16. The standard InChI is InChI=1S/C9H10N4O2/c1-5(9(14)15)13-8-3-2-6(10)4-7(8)11-12-13/h2-5H,10H2,1H3,(H,14,15). The van der Waals surface area contributed by atoms with Gasteiger partial charge in [-0.25, -0.2) is 9.48 Å². The van der Waals surface area contributed by atoms with Crippen molar-refractivity contribution in [3.8, 4) is 0 Å². The zero-order valence-corrected chi connectivity index (χ0v) is 8.08. The summed E-state index contributed by atoms with van der Waals surface area (Å²) in [4.78, 5) is 10.8. The van der Waals surface area contributed by atoms with E-state index in [2.05, 4.69) is 10.3 Å². The van der Waals surface area contributed by atoms with Gasteiger partial charge in [0.05, 0.1) is 5.52 Å². The molecule has 1 aromatic carbocycles. The van der Waals surface area contributed by atoms with Gasteiger partial charge in [-0.3, -0.25) is 0 Å². The van der Waals surface area contributed by atoms with Gasteiger partial charge < -0.3 is 10.8 Å². The number of nitrogen functional groups attached to an aromatic ring is 1. The monoisotopic (exact) mass is 206 g/mol. The summed E-state index contributed by atoms with van der Waals surface area (Å²) in [6.45, 7) is 1.55. The van der Waals surface area contributed by atoms with Gasteiger partial charge in [-0.05, 0) is 25.1 Å². The minimum absolute atomic E-state index is 0.581. The lowest BCUT2D eigenvalue weighted by molar-refractivity contribution is -0.140. The molecule has 0 amide bonds. The number of carbonyl (C=O) groups is 1. The van der Waals surface area contributed by atoms with Gasteiger partial charge in [0.15, 0.2) is 0 Å². The third kappa shape index (κ3) is 1.50. The normalized spacial score (nSPS) is 12.9. The highest BCUT2D eigenvalue weighted by Crippen LogP contribution is 2.18. The number of nitrogens with two attached hydrogens (primary N) is 1. The third-order valence-corrected chi connectivity index (χ3v) is 2.22. The number of carboxylic acids is 1. The van der Waals surface area contributed by atoms with Crippen molar-refractivity contribution in [3.63, 3.8) is 0 Å². The number of nitrogens with zero attached hydrogens (tertiary/aromatic N) is 3. The summed E-state index contributed by atoms with van der Waals surface area (Å²) in [5, 5.41) is 16.5. The second kappa shape index (κ2) is 3.23. The Labute approximate surface area is 85.3 Å². The number of aromatic nitrogens is 3. The molecule has 0 saturated carbocycles. The van der Waals surface area contributed by atoms with Crippen molar-refractivity contribution in [1.82, 2.24) is 15.0 Å². The summed E-state index contributed by atoms with van der Waals surface area (Å²) < 4.78 is 1.36. The fraction of sp³-hybridized carbons (Fsp3) is 0.222. The Kier molecular flexibility index (Phi) is 2.03.